The molecule has 0 unspecified atom stereocenters. The zero-order valence-electron chi connectivity index (χ0n) is 11.2. The molecule has 1 heterocycles. The molecular weight excluding hydrogens is 301 g/mol. The van der Waals surface area contributed by atoms with E-state index in [1.807, 2.05) is 0 Å². The molecule has 1 aromatic heterocycles. The SMILES string of the molecule is CCc1c(F)c([N+](=O)[O-])cc2[nH]c(=O)nc(N(N)C(=O)O)c12. The number of fused-ring (bicyclic) bond motifs is 1. The first-order chi connectivity index (χ1) is 10.3. The molecule has 0 aliphatic heterocycles. The highest BCUT2D eigenvalue weighted by molar-refractivity contribution is 5.99. The number of amides is 1. The number of carbonyl (C=O) groups is 1. The number of hydrazine groups is 1. The number of benzene rings is 1. The standard InChI is InChI=1S/C11H10FN5O5/c1-2-4-7-5(3-6(8(4)12)17(21)22)14-10(18)15-9(7)16(13)11(19)20/h3H,2,13H2,1H3,(H,19,20)(H,14,15,18). The Balaban J connectivity index is 3.00. The second kappa shape index (κ2) is 5.37. The molecule has 1 amide bonds. The summed E-state index contributed by atoms with van der Waals surface area (Å²) >= 11 is 0. The fourth-order valence-corrected chi connectivity index (χ4v) is 2.08. The zero-order chi connectivity index (χ0) is 16.6. The Bertz CT molecular complexity index is 849. The number of hydrogen-bond acceptors (Lipinski definition) is 6. The number of hydrogen-bond donors (Lipinski definition) is 3. The van der Waals surface area contributed by atoms with Crippen LogP contribution in [0.2, 0.25) is 0 Å². The monoisotopic (exact) mass is 311 g/mol. The summed E-state index contributed by atoms with van der Waals surface area (Å²) in [6.45, 7) is 1.51. The first kappa shape index (κ1) is 15.3. The quantitative estimate of drug-likeness (QED) is 0.329. The minimum absolute atomic E-state index is 0.00179. The number of H-pyrrole nitrogens is 1. The van der Waals surface area contributed by atoms with Crippen molar-refractivity contribution in [2.75, 3.05) is 5.01 Å². The van der Waals surface area contributed by atoms with Crippen LogP contribution in [0.15, 0.2) is 10.9 Å². The lowest BCUT2D eigenvalue weighted by Gasteiger charge is -2.15. The average molecular weight is 311 g/mol. The first-order valence-corrected chi connectivity index (χ1v) is 5.95. The van der Waals surface area contributed by atoms with Crippen molar-refractivity contribution < 1.29 is 19.2 Å². The van der Waals surface area contributed by atoms with Crippen molar-refractivity contribution in [2.45, 2.75) is 13.3 Å². The molecule has 2 rings (SSSR count). The molecule has 11 heteroatoms. The van der Waals surface area contributed by atoms with Crippen molar-refractivity contribution in [3.05, 3.63) is 38.0 Å². The van der Waals surface area contributed by atoms with Crippen molar-refractivity contribution in [3.8, 4) is 0 Å². The van der Waals surface area contributed by atoms with Crippen molar-refractivity contribution >= 4 is 28.5 Å². The number of anilines is 1. The first-order valence-electron chi connectivity index (χ1n) is 5.95. The lowest BCUT2D eigenvalue weighted by atomic mass is 10.0. The van der Waals surface area contributed by atoms with E-state index in [9.17, 15) is 24.1 Å². The zero-order valence-corrected chi connectivity index (χ0v) is 11.2. The predicted molar refractivity (Wildman–Crippen MR) is 73.0 cm³/mol. The van der Waals surface area contributed by atoms with E-state index < -0.39 is 34.0 Å². The van der Waals surface area contributed by atoms with Crippen molar-refractivity contribution in [1.29, 1.82) is 0 Å². The van der Waals surface area contributed by atoms with Gasteiger partial charge in [-0.2, -0.15) is 14.4 Å². The summed E-state index contributed by atoms with van der Waals surface area (Å²) < 4.78 is 14.2. The molecule has 116 valence electrons. The van der Waals surface area contributed by atoms with E-state index >= 15 is 0 Å². The number of aromatic amines is 1. The Morgan fingerprint density at radius 3 is 2.77 bits per heavy atom. The smallest absolute Gasteiger partial charge is 0.427 e. The summed E-state index contributed by atoms with van der Waals surface area (Å²) in [4.78, 5) is 38.0. The number of nitro benzene ring substituents is 1. The maximum Gasteiger partial charge on any atom is 0.427 e. The Morgan fingerprint density at radius 1 is 1.64 bits per heavy atom. The van der Waals surface area contributed by atoms with Gasteiger partial charge in [0.25, 0.3) is 0 Å². The van der Waals surface area contributed by atoms with Gasteiger partial charge < -0.3 is 10.1 Å². The third-order valence-electron chi connectivity index (χ3n) is 3.00. The molecule has 0 fully saturated rings. The topological polar surface area (TPSA) is 155 Å². The lowest BCUT2D eigenvalue weighted by molar-refractivity contribution is -0.387. The van der Waals surface area contributed by atoms with Crippen LogP contribution in [0.3, 0.4) is 0 Å². The van der Waals surface area contributed by atoms with Gasteiger partial charge in [0.1, 0.15) is 0 Å². The van der Waals surface area contributed by atoms with Crippen LogP contribution in [0.4, 0.5) is 20.7 Å². The molecule has 10 nitrogen and oxygen atoms in total. The highest BCUT2D eigenvalue weighted by Gasteiger charge is 2.26. The third kappa shape index (κ3) is 2.33. The number of rotatable bonds is 3. The Morgan fingerprint density at radius 2 is 2.27 bits per heavy atom. The van der Waals surface area contributed by atoms with Crippen LogP contribution in [0.25, 0.3) is 10.9 Å². The normalized spacial score (nSPS) is 10.7. The Hall–Kier alpha value is -3.08. The Kier molecular flexibility index (Phi) is 3.73. The second-order valence-corrected chi connectivity index (χ2v) is 4.24. The number of nitrogens with zero attached hydrogens (tertiary/aromatic N) is 3. The Labute approximate surface area is 121 Å². The van der Waals surface area contributed by atoms with Crippen LogP contribution < -0.4 is 16.5 Å². The highest BCUT2D eigenvalue weighted by atomic mass is 19.1. The summed E-state index contributed by atoms with van der Waals surface area (Å²) in [5.41, 5.74) is -2.10. The van der Waals surface area contributed by atoms with Crippen LogP contribution in [-0.2, 0) is 6.42 Å². The number of halogens is 1. The molecule has 0 atom stereocenters. The molecule has 0 saturated carbocycles. The van der Waals surface area contributed by atoms with Crippen molar-refractivity contribution in [1.82, 2.24) is 9.97 Å². The minimum atomic E-state index is -1.62. The highest BCUT2D eigenvalue weighted by Crippen LogP contribution is 2.32. The maximum absolute atomic E-state index is 14.2. The van der Waals surface area contributed by atoms with E-state index in [-0.39, 0.29) is 27.9 Å². The van der Waals surface area contributed by atoms with Gasteiger partial charge >= 0.3 is 17.5 Å². The molecule has 0 bridgehead atoms. The van der Waals surface area contributed by atoms with E-state index in [2.05, 4.69) is 9.97 Å². The number of nitrogens with two attached hydrogens (primary N) is 1. The van der Waals surface area contributed by atoms with Gasteiger partial charge in [-0.05, 0) is 6.42 Å². The van der Waals surface area contributed by atoms with Crippen LogP contribution >= 0.6 is 0 Å². The predicted octanol–water partition coefficient (Wildman–Crippen LogP) is 0.891. The molecule has 0 aliphatic carbocycles. The maximum atomic E-state index is 14.2. The van der Waals surface area contributed by atoms with E-state index in [1.54, 1.807) is 0 Å². The molecule has 0 spiro atoms. The molecule has 0 radical (unpaired) electrons. The van der Waals surface area contributed by atoms with Crippen molar-refractivity contribution in [2.24, 2.45) is 5.84 Å². The number of nitro groups is 1. The van der Waals surface area contributed by atoms with Gasteiger partial charge in [-0.3, -0.25) is 10.1 Å². The summed E-state index contributed by atoms with van der Waals surface area (Å²) in [7, 11) is 0. The van der Waals surface area contributed by atoms with Gasteiger partial charge in [0.05, 0.1) is 10.4 Å². The van der Waals surface area contributed by atoms with Gasteiger partial charge in [-0.15, -0.1) is 0 Å². The fraction of sp³-hybridized carbons (Fsp3) is 0.182. The number of aryl methyl sites for hydroxylation is 1. The van der Waals surface area contributed by atoms with E-state index in [1.165, 1.54) is 6.92 Å². The molecule has 2 aromatic rings. The number of nitrogens with one attached hydrogen (secondary N) is 1. The van der Waals surface area contributed by atoms with Gasteiger partial charge in [0.2, 0.25) is 5.82 Å². The van der Waals surface area contributed by atoms with Crippen LogP contribution in [0, 0.1) is 15.9 Å². The summed E-state index contributed by atoms with van der Waals surface area (Å²) in [5.74, 6) is 3.67. The average Bonchev–Trinajstić information content (AvgIpc) is 2.45. The number of carboxylic acid groups (broad SMARTS) is 1. The van der Waals surface area contributed by atoms with E-state index in [0.29, 0.717) is 0 Å². The molecule has 1 aromatic carbocycles. The van der Waals surface area contributed by atoms with Gasteiger partial charge in [0.15, 0.2) is 5.82 Å². The lowest BCUT2D eigenvalue weighted by Crippen LogP contribution is -2.38. The second-order valence-electron chi connectivity index (χ2n) is 4.24. The van der Waals surface area contributed by atoms with Crippen LogP contribution in [0.1, 0.15) is 12.5 Å². The molecule has 0 aliphatic rings. The summed E-state index contributed by atoms with van der Waals surface area (Å²) in [6.07, 6.45) is -1.63. The minimum Gasteiger partial charge on any atom is -0.464 e. The van der Waals surface area contributed by atoms with Crippen LogP contribution in [0.5, 0.6) is 0 Å². The largest absolute Gasteiger partial charge is 0.464 e. The third-order valence-corrected chi connectivity index (χ3v) is 3.00. The van der Waals surface area contributed by atoms with E-state index in [0.717, 1.165) is 6.07 Å². The molecule has 0 saturated heterocycles. The van der Waals surface area contributed by atoms with E-state index in [4.69, 9.17) is 10.9 Å². The summed E-state index contributed by atoms with van der Waals surface area (Å²) in [6, 6.07) is 0.798. The van der Waals surface area contributed by atoms with Gasteiger partial charge in [-0.1, -0.05) is 6.92 Å². The molecule has 22 heavy (non-hydrogen) atoms. The number of aromatic nitrogens is 2. The fourth-order valence-electron chi connectivity index (χ4n) is 2.08. The molecular formula is C11H10FN5O5. The van der Waals surface area contributed by atoms with Crippen LogP contribution in [-0.4, -0.2) is 26.1 Å². The summed E-state index contributed by atoms with van der Waals surface area (Å²) in [5, 5.41) is 19.8. The van der Waals surface area contributed by atoms with Gasteiger partial charge in [0, 0.05) is 17.0 Å². The van der Waals surface area contributed by atoms with Crippen molar-refractivity contribution in [3.63, 3.8) is 0 Å². The molecule has 4 N–H and O–H groups in total. The van der Waals surface area contributed by atoms with Gasteiger partial charge in [-0.25, -0.2) is 15.4 Å².